The molecule has 1 aliphatic carbocycles. The molecule has 1 N–H and O–H groups in total. The van der Waals surface area contributed by atoms with Gasteiger partial charge in [-0.15, -0.1) is 0 Å². The molecule has 1 atom stereocenters. The van der Waals surface area contributed by atoms with E-state index in [1.807, 2.05) is 19.3 Å². The second kappa shape index (κ2) is 6.00. The minimum Gasteiger partial charge on any atom is -0.319 e. The highest BCUT2D eigenvalue weighted by Crippen LogP contribution is 2.34. The maximum Gasteiger partial charge on any atom is 0.0449 e. The quantitative estimate of drug-likeness (QED) is 0.840. The molecule has 0 aromatic carbocycles. The van der Waals surface area contributed by atoms with E-state index in [9.17, 15) is 0 Å². The number of hydrogen-bond donors (Lipinski definition) is 1. The highest BCUT2D eigenvalue weighted by atomic mass is 14.8. The van der Waals surface area contributed by atoms with Crippen LogP contribution in [0.3, 0.4) is 0 Å². The molecule has 1 aliphatic rings. The van der Waals surface area contributed by atoms with Crippen molar-refractivity contribution in [1.82, 2.24) is 10.3 Å². The molecular formula is C14H22N2. The molecule has 0 saturated heterocycles. The summed E-state index contributed by atoms with van der Waals surface area (Å²) in [6.45, 7) is 1.06. The van der Waals surface area contributed by atoms with Gasteiger partial charge < -0.3 is 5.32 Å². The lowest BCUT2D eigenvalue weighted by Crippen LogP contribution is -2.26. The normalized spacial score (nSPS) is 19.6. The molecule has 1 saturated carbocycles. The van der Waals surface area contributed by atoms with E-state index in [0.717, 1.165) is 12.5 Å². The molecule has 2 rings (SSSR count). The Labute approximate surface area is 98.5 Å². The van der Waals surface area contributed by atoms with E-state index in [1.54, 1.807) is 0 Å². The minimum atomic E-state index is 0.603. The topological polar surface area (TPSA) is 24.9 Å². The largest absolute Gasteiger partial charge is 0.319 e. The van der Waals surface area contributed by atoms with Gasteiger partial charge in [0.1, 0.15) is 0 Å². The van der Waals surface area contributed by atoms with Crippen LogP contribution in [0, 0.1) is 5.92 Å². The second-order valence-electron chi connectivity index (χ2n) is 4.82. The van der Waals surface area contributed by atoms with Gasteiger partial charge in [0.15, 0.2) is 0 Å². The summed E-state index contributed by atoms with van der Waals surface area (Å²) in [5.74, 6) is 1.43. The smallest absolute Gasteiger partial charge is 0.0449 e. The maximum absolute atomic E-state index is 4.53. The summed E-state index contributed by atoms with van der Waals surface area (Å²) < 4.78 is 0. The highest BCUT2D eigenvalue weighted by Gasteiger charge is 2.25. The molecule has 1 aromatic heterocycles. The van der Waals surface area contributed by atoms with E-state index >= 15 is 0 Å². The Kier molecular flexibility index (Phi) is 4.34. The molecular weight excluding hydrogens is 196 g/mol. The van der Waals surface area contributed by atoms with Gasteiger partial charge >= 0.3 is 0 Å². The van der Waals surface area contributed by atoms with Gasteiger partial charge in [-0.2, -0.15) is 0 Å². The number of nitrogens with zero attached hydrogens (tertiary/aromatic N) is 1. The molecule has 0 radical (unpaired) electrons. The first-order chi connectivity index (χ1) is 7.92. The van der Waals surface area contributed by atoms with Crippen molar-refractivity contribution >= 4 is 0 Å². The highest BCUT2D eigenvalue weighted by molar-refractivity contribution is 5.11. The summed E-state index contributed by atoms with van der Waals surface area (Å²) in [5.41, 5.74) is 1.27. The molecule has 1 fully saturated rings. The molecule has 0 spiro atoms. The zero-order valence-corrected chi connectivity index (χ0v) is 10.2. The zero-order chi connectivity index (χ0) is 11.2. The monoisotopic (exact) mass is 218 g/mol. The van der Waals surface area contributed by atoms with Crippen molar-refractivity contribution in [1.29, 1.82) is 0 Å². The fourth-order valence-corrected chi connectivity index (χ4v) is 2.86. The molecule has 1 unspecified atom stereocenters. The van der Waals surface area contributed by atoms with Crippen LogP contribution in [0.5, 0.6) is 0 Å². The molecule has 2 heteroatoms. The molecule has 0 aliphatic heterocycles. The fraction of sp³-hybridized carbons (Fsp3) is 0.643. The Bertz CT molecular complexity index is 291. The van der Waals surface area contributed by atoms with E-state index in [1.165, 1.54) is 37.8 Å². The van der Waals surface area contributed by atoms with Crippen molar-refractivity contribution in [3.05, 3.63) is 30.1 Å². The minimum absolute atomic E-state index is 0.603. The number of hydrogen-bond acceptors (Lipinski definition) is 2. The van der Waals surface area contributed by atoms with Crippen molar-refractivity contribution in [3.63, 3.8) is 0 Å². The molecule has 0 amide bonds. The van der Waals surface area contributed by atoms with Gasteiger partial charge in [-0.1, -0.05) is 25.3 Å². The van der Waals surface area contributed by atoms with Crippen molar-refractivity contribution in [2.45, 2.75) is 38.0 Å². The third kappa shape index (κ3) is 2.82. The molecule has 0 bridgehead atoms. The van der Waals surface area contributed by atoms with E-state index in [-0.39, 0.29) is 0 Å². The number of nitrogens with one attached hydrogen (secondary N) is 1. The summed E-state index contributed by atoms with van der Waals surface area (Å²) in [6, 6.07) is 6.28. The number of aromatic nitrogens is 1. The van der Waals surface area contributed by atoms with Gasteiger partial charge in [-0.3, -0.25) is 4.98 Å². The molecule has 2 nitrogen and oxygen atoms in total. The number of pyridine rings is 1. The molecule has 1 aromatic rings. The van der Waals surface area contributed by atoms with Crippen LogP contribution < -0.4 is 5.32 Å². The summed E-state index contributed by atoms with van der Waals surface area (Å²) in [5, 5.41) is 3.32. The average molecular weight is 218 g/mol. The van der Waals surface area contributed by atoms with E-state index in [0.29, 0.717) is 5.92 Å². The third-order valence-corrected chi connectivity index (χ3v) is 3.71. The van der Waals surface area contributed by atoms with Crippen molar-refractivity contribution in [2.24, 2.45) is 5.92 Å². The Balaban J connectivity index is 2.09. The van der Waals surface area contributed by atoms with Gasteiger partial charge in [0.25, 0.3) is 0 Å². The van der Waals surface area contributed by atoms with E-state index in [2.05, 4.69) is 22.4 Å². The lowest BCUT2D eigenvalue weighted by molar-refractivity contribution is 0.296. The predicted octanol–water partition coefficient (Wildman–Crippen LogP) is 2.96. The first kappa shape index (κ1) is 11.6. The lowest BCUT2D eigenvalue weighted by atomic mass is 9.78. The Hall–Kier alpha value is -0.890. The summed E-state index contributed by atoms with van der Waals surface area (Å²) >= 11 is 0. The zero-order valence-electron chi connectivity index (χ0n) is 10.2. The first-order valence-corrected chi connectivity index (χ1v) is 6.47. The lowest BCUT2D eigenvalue weighted by Gasteiger charge is -2.29. The summed E-state index contributed by atoms with van der Waals surface area (Å²) in [7, 11) is 2.04. The van der Waals surface area contributed by atoms with E-state index < -0.39 is 0 Å². The standard InChI is InChI=1S/C14H22N2/c1-15-11-13(12-7-3-2-4-8-12)14-9-5-6-10-16-14/h5-6,9-10,12-13,15H,2-4,7-8,11H2,1H3. The Morgan fingerprint density at radius 1 is 1.31 bits per heavy atom. The van der Waals surface area contributed by atoms with Crippen LogP contribution >= 0.6 is 0 Å². The van der Waals surface area contributed by atoms with Gasteiger partial charge in [0.05, 0.1) is 0 Å². The van der Waals surface area contributed by atoms with Crippen LogP contribution in [0.4, 0.5) is 0 Å². The van der Waals surface area contributed by atoms with Crippen LogP contribution in [0.15, 0.2) is 24.4 Å². The van der Waals surface area contributed by atoms with Crippen molar-refractivity contribution in [2.75, 3.05) is 13.6 Å². The Morgan fingerprint density at radius 2 is 2.12 bits per heavy atom. The summed E-state index contributed by atoms with van der Waals surface area (Å²) in [4.78, 5) is 4.53. The van der Waals surface area contributed by atoms with Gasteiger partial charge in [-0.25, -0.2) is 0 Å². The SMILES string of the molecule is CNCC(c1ccccn1)C1CCCCC1. The predicted molar refractivity (Wildman–Crippen MR) is 67.5 cm³/mol. The second-order valence-corrected chi connectivity index (χ2v) is 4.82. The third-order valence-electron chi connectivity index (χ3n) is 3.71. The van der Waals surface area contributed by atoms with Crippen LogP contribution in [0.1, 0.15) is 43.7 Å². The van der Waals surface area contributed by atoms with E-state index in [4.69, 9.17) is 0 Å². The Morgan fingerprint density at radius 3 is 2.75 bits per heavy atom. The van der Waals surface area contributed by atoms with Crippen LogP contribution in [-0.4, -0.2) is 18.6 Å². The molecule has 88 valence electrons. The van der Waals surface area contributed by atoms with Gasteiger partial charge in [0, 0.05) is 24.4 Å². The fourth-order valence-electron chi connectivity index (χ4n) is 2.86. The first-order valence-electron chi connectivity index (χ1n) is 6.47. The number of rotatable bonds is 4. The van der Waals surface area contributed by atoms with Crippen LogP contribution in [0.25, 0.3) is 0 Å². The van der Waals surface area contributed by atoms with Crippen molar-refractivity contribution < 1.29 is 0 Å². The number of likely N-dealkylation sites (N-methyl/N-ethyl adjacent to an activating group) is 1. The molecule has 16 heavy (non-hydrogen) atoms. The van der Waals surface area contributed by atoms with Crippen molar-refractivity contribution in [3.8, 4) is 0 Å². The maximum atomic E-state index is 4.53. The summed E-state index contributed by atoms with van der Waals surface area (Å²) in [6.07, 6.45) is 8.90. The van der Waals surface area contributed by atoms with Gasteiger partial charge in [-0.05, 0) is 37.9 Å². The van der Waals surface area contributed by atoms with Gasteiger partial charge in [0.2, 0.25) is 0 Å². The van der Waals surface area contributed by atoms with Crippen LogP contribution in [-0.2, 0) is 0 Å². The average Bonchev–Trinajstić information content (AvgIpc) is 2.38. The molecule has 1 heterocycles. The van der Waals surface area contributed by atoms with Crippen LogP contribution in [0.2, 0.25) is 0 Å².